The third kappa shape index (κ3) is 2.28. The molecule has 0 aliphatic carbocycles. The van der Waals surface area contributed by atoms with Crippen molar-refractivity contribution in [2.75, 3.05) is 0 Å². The third-order valence-electron chi connectivity index (χ3n) is 2.14. The molecule has 0 fully saturated rings. The van der Waals surface area contributed by atoms with E-state index < -0.39 is 5.97 Å². The molecule has 0 spiro atoms. The minimum absolute atomic E-state index is 0.0544. The average Bonchev–Trinajstić information content (AvgIpc) is 2.29. The van der Waals surface area contributed by atoms with Crippen molar-refractivity contribution < 1.29 is 9.90 Å². The van der Waals surface area contributed by atoms with Crippen molar-refractivity contribution in [2.45, 2.75) is 0 Å². The molecule has 1 aromatic carbocycles. The SMILES string of the molecule is O=C(O)c1ccc(-c2cccc(Br)c2)cn1. The van der Waals surface area contributed by atoms with Crippen LogP contribution in [0.25, 0.3) is 11.1 Å². The molecular formula is C12H8BrNO2. The van der Waals surface area contributed by atoms with Gasteiger partial charge in [0, 0.05) is 16.2 Å². The Kier molecular flexibility index (Phi) is 3.01. The van der Waals surface area contributed by atoms with Crippen molar-refractivity contribution in [1.29, 1.82) is 0 Å². The van der Waals surface area contributed by atoms with Gasteiger partial charge in [0.15, 0.2) is 0 Å². The van der Waals surface area contributed by atoms with Gasteiger partial charge in [0.05, 0.1) is 0 Å². The third-order valence-corrected chi connectivity index (χ3v) is 2.63. The summed E-state index contributed by atoms with van der Waals surface area (Å²) in [6.07, 6.45) is 1.56. The minimum atomic E-state index is -1.01. The molecule has 1 N–H and O–H groups in total. The lowest BCUT2D eigenvalue weighted by molar-refractivity contribution is 0.0690. The quantitative estimate of drug-likeness (QED) is 0.917. The van der Waals surface area contributed by atoms with Gasteiger partial charge in [-0.25, -0.2) is 9.78 Å². The summed E-state index contributed by atoms with van der Waals surface area (Å²) in [5.41, 5.74) is 1.95. The fourth-order valence-corrected chi connectivity index (χ4v) is 1.76. The molecule has 16 heavy (non-hydrogen) atoms. The van der Waals surface area contributed by atoms with Crippen LogP contribution in [0.15, 0.2) is 47.1 Å². The van der Waals surface area contributed by atoms with Gasteiger partial charge in [0.2, 0.25) is 0 Å². The van der Waals surface area contributed by atoms with Crippen LogP contribution in [-0.4, -0.2) is 16.1 Å². The van der Waals surface area contributed by atoms with E-state index in [-0.39, 0.29) is 5.69 Å². The van der Waals surface area contributed by atoms with Crippen molar-refractivity contribution in [3.63, 3.8) is 0 Å². The number of hydrogen-bond acceptors (Lipinski definition) is 2. The molecule has 80 valence electrons. The first kappa shape index (κ1) is 10.8. The summed E-state index contributed by atoms with van der Waals surface area (Å²) in [5, 5.41) is 8.72. The molecule has 2 aromatic rings. The first-order valence-corrected chi connectivity index (χ1v) is 5.41. The highest BCUT2D eigenvalue weighted by Crippen LogP contribution is 2.22. The maximum absolute atomic E-state index is 10.6. The van der Waals surface area contributed by atoms with Gasteiger partial charge in [0.25, 0.3) is 0 Å². The number of aromatic carboxylic acids is 1. The molecule has 0 bridgehead atoms. The monoisotopic (exact) mass is 277 g/mol. The van der Waals surface area contributed by atoms with Gasteiger partial charge in [0.1, 0.15) is 5.69 Å². The lowest BCUT2D eigenvalue weighted by Gasteiger charge is -2.02. The van der Waals surface area contributed by atoms with Crippen LogP contribution in [0, 0.1) is 0 Å². The van der Waals surface area contributed by atoms with Crippen LogP contribution in [0.5, 0.6) is 0 Å². The summed E-state index contributed by atoms with van der Waals surface area (Å²) in [5.74, 6) is -1.01. The van der Waals surface area contributed by atoms with Crippen LogP contribution in [0.2, 0.25) is 0 Å². The van der Waals surface area contributed by atoms with Gasteiger partial charge in [-0.1, -0.05) is 34.1 Å². The van der Waals surface area contributed by atoms with Crippen LogP contribution >= 0.6 is 15.9 Å². The first-order valence-electron chi connectivity index (χ1n) is 4.62. The summed E-state index contributed by atoms with van der Waals surface area (Å²) < 4.78 is 0.979. The van der Waals surface area contributed by atoms with Crippen LogP contribution in [0.3, 0.4) is 0 Å². The first-order chi connectivity index (χ1) is 7.66. The van der Waals surface area contributed by atoms with Crippen molar-refractivity contribution in [2.24, 2.45) is 0 Å². The highest BCUT2D eigenvalue weighted by atomic mass is 79.9. The number of aromatic nitrogens is 1. The van der Waals surface area contributed by atoms with Gasteiger partial charge in [-0.15, -0.1) is 0 Å². The van der Waals surface area contributed by atoms with Crippen molar-refractivity contribution >= 4 is 21.9 Å². The molecule has 1 aromatic heterocycles. The van der Waals surface area contributed by atoms with Crippen LogP contribution in [0.4, 0.5) is 0 Å². The Morgan fingerprint density at radius 3 is 2.56 bits per heavy atom. The molecule has 0 atom stereocenters. The molecule has 0 aliphatic rings. The normalized spacial score (nSPS) is 10.1. The Morgan fingerprint density at radius 1 is 1.19 bits per heavy atom. The predicted molar refractivity (Wildman–Crippen MR) is 64.3 cm³/mol. The maximum Gasteiger partial charge on any atom is 0.354 e. The smallest absolute Gasteiger partial charge is 0.354 e. The van der Waals surface area contributed by atoms with E-state index in [2.05, 4.69) is 20.9 Å². The molecule has 0 amide bonds. The highest BCUT2D eigenvalue weighted by Gasteiger charge is 2.04. The number of pyridine rings is 1. The van der Waals surface area contributed by atoms with Gasteiger partial charge < -0.3 is 5.11 Å². The standard InChI is InChI=1S/C12H8BrNO2/c13-10-3-1-2-8(6-10)9-4-5-11(12(15)16)14-7-9/h1-7H,(H,15,16). The van der Waals surface area contributed by atoms with E-state index in [1.165, 1.54) is 6.07 Å². The maximum atomic E-state index is 10.6. The molecule has 0 unspecified atom stereocenters. The average molecular weight is 278 g/mol. The summed E-state index contributed by atoms with van der Waals surface area (Å²) in [7, 11) is 0. The largest absolute Gasteiger partial charge is 0.477 e. The molecule has 1 heterocycles. The minimum Gasteiger partial charge on any atom is -0.477 e. The second-order valence-corrected chi connectivity index (χ2v) is 4.16. The number of carboxylic acid groups (broad SMARTS) is 1. The van der Waals surface area contributed by atoms with Gasteiger partial charge in [-0.2, -0.15) is 0 Å². The van der Waals surface area contributed by atoms with E-state index in [9.17, 15) is 4.79 Å². The van der Waals surface area contributed by atoms with Crippen LogP contribution in [-0.2, 0) is 0 Å². The molecule has 0 aliphatic heterocycles. The predicted octanol–water partition coefficient (Wildman–Crippen LogP) is 3.21. The Morgan fingerprint density at radius 2 is 2.00 bits per heavy atom. The zero-order valence-electron chi connectivity index (χ0n) is 8.22. The molecule has 0 radical (unpaired) electrons. The molecule has 0 saturated heterocycles. The fraction of sp³-hybridized carbons (Fsp3) is 0. The Labute approximate surface area is 101 Å². The number of halogens is 1. The van der Waals surface area contributed by atoms with E-state index >= 15 is 0 Å². The van der Waals surface area contributed by atoms with Crippen molar-refractivity contribution in [3.8, 4) is 11.1 Å². The molecular weight excluding hydrogens is 270 g/mol. The molecule has 0 saturated carbocycles. The van der Waals surface area contributed by atoms with Crippen molar-refractivity contribution in [1.82, 2.24) is 4.98 Å². The zero-order valence-corrected chi connectivity index (χ0v) is 9.81. The second kappa shape index (κ2) is 4.45. The second-order valence-electron chi connectivity index (χ2n) is 3.25. The summed E-state index contributed by atoms with van der Waals surface area (Å²) in [6.45, 7) is 0. The zero-order chi connectivity index (χ0) is 11.5. The van der Waals surface area contributed by atoms with E-state index in [4.69, 9.17) is 5.11 Å². The van der Waals surface area contributed by atoms with Gasteiger partial charge >= 0.3 is 5.97 Å². The van der Waals surface area contributed by atoms with E-state index in [1.54, 1.807) is 12.3 Å². The highest BCUT2D eigenvalue weighted by molar-refractivity contribution is 9.10. The molecule has 3 nitrogen and oxygen atoms in total. The lowest BCUT2D eigenvalue weighted by atomic mass is 10.1. The topological polar surface area (TPSA) is 50.2 Å². The van der Waals surface area contributed by atoms with Gasteiger partial charge in [-0.05, 0) is 23.8 Å². The lowest BCUT2D eigenvalue weighted by Crippen LogP contribution is -1.99. The molecule has 2 rings (SSSR count). The Hall–Kier alpha value is -1.68. The number of rotatable bonds is 2. The Balaban J connectivity index is 2.38. The number of carbonyl (C=O) groups is 1. The fourth-order valence-electron chi connectivity index (χ4n) is 1.36. The summed E-state index contributed by atoms with van der Waals surface area (Å²) in [4.78, 5) is 14.5. The summed E-state index contributed by atoms with van der Waals surface area (Å²) >= 11 is 3.38. The number of hydrogen-bond donors (Lipinski definition) is 1. The number of benzene rings is 1. The van der Waals surface area contributed by atoms with E-state index in [0.29, 0.717) is 0 Å². The van der Waals surface area contributed by atoms with Crippen LogP contribution in [0.1, 0.15) is 10.5 Å². The summed E-state index contributed by atoms with van der Waals surface area (Å²) in [6, 6.07) is 11.0. The van der Waals surface area contributed by atoms with Crippen molar-refractivity contribution in [3.05, 3.63) is 52.8 Å². The van der Waals surface area contributed by atoms with E-state index in [0.717, 1.165) is 15.6 Å². The number of carboxylic acids is 1. The Bertz CT molecular complexity index is 523. The van der Waals surface area contributed by atoms with Crippen LogP contribution < -0.4 is 0 Å². The van der Waals surface area contributed by atoms with Gasteiger partial charge in [-0.3, -0.25) is 0 Å². The molecule has 4 heteroatoms. The van der Waals surface area contributed by atoms with E-state index in [1.807, 2.05) is 24.3 Å². The number of nitrogens with zero attached hydrogens (tertiary/aromatic N) is 1.